The summed E-state index contributed by atoms with van der Waals surface area (Å²) in [7, 11) is 0. The second kappa shape index (κ2) is 8.53. The third kappa shape index (κ3) is 4.33. The number of fused-ring (bicyclic) bond motifs is 1. The molecule has 0 saturated heterocycles. The molecule has 1 aliphatic heterocycles. The fraction of sp³-hybridized carbons (Fsp3) is 0.450. The van der Waals surface area contributed by atoms with Crippen molar-refractivity contribution in [1.29, 1.82) is 0 Å². The molecule has 28 heavy (non-hydrogen) atoms. The normalized spacial score (nSPS) is 15.0. The lowest BCUT2D eigenvalue weighted by Crippen LogP contribution is -2.49. The molecule has 2 heterocycles. The molecule has 1 N–H and O–H groups in total. The van der Waals surface area contributed by atoms with Crippen LogP contribution < -0.4 is 15.0 Å². The van der Waals surface area contributed by atoms with Crippen molar-refractivity contribution in [3.8, 4) is 5.75 Å². The minimum atomic E-state index is -0.405. The van der Waals surface area contributed by atoms with E-state index in [0.717, 1.165) is 38.6 Å². The number of ether oxygens (including phenoxy) is 1. The number of amides is 1. The fourth-order valence-corrected chi connectivity index (χ4v) is 5.07. The number of carbonyl (C=O) groups is 1. The van der Waals surface area contributed by atoms with Crippen LogP contribution in [0.2, 0.25) is 0 Å². The SMILES string of the molecule is CCNc1nnc(SCC(=O)N2c3ccc(OCC)cc3C(C)=CC2(C)C)s1. The number of aromatic nitrogens is 2. The van der Waals surface area contributed by atoms with Gasteiger partial charge in [0.25, 0.3) is 0 Å². The van der Waals surface area contributed by atoms with Crippen molar-refractivity contribution in [3.05, 3.63) is 29.8 Å². The molecule has 1 aromatic heterocycles. The number of nitrogens with one attached hydrogen (secondary N) is 1. The predicted octanol–water partition coefficient (Wildman–Crippen LogP) is 4.69. The fourth-order valence-electron chi connectivity index (χ4n) is 3.40. The number of nitrogens with zero attached hydrogens (tertiary/aromatic N) is 3. The van der Waals surface area contributed by atoms with Crippen LogP contribution in [0.25, 0.3) is 5.57 Å². The predicted molar refractivity (Wildman–Crippen MR) is 118 cm³/mol. The minimum Gasteiger partial charge on any atom is -0.494 e. The van der Waals surface area contributed by atoms with Gasteiger partial charge in [-0.3, -0.25) is 4.79 Å². The Kier molecular flexibility index (Phi) is 6.30. The molecule has 0 spiro atoms. The molecule has 1 aliphatic rings. The summed E-state index contributed by atoms with van der Waals surface area (Å²) in [6.07, 6.45) is 2.14. The quantitative estimate of drug-likeness (QED) is 0.658. The molecule has 2 aromatic rings. The van der Waals surface area contributed by atoms with Crippen molar-refractivity contribution in [1.82, 2.24) is 10.2 Å². The molecule has 0 fully saturated rings. The molecule has 1 amide bonds. The standard InChI is InChI=1S/C20H26N4O2S2/c1-6-21-18-22-23-19(28-18)27-12-17(25)24-16-9-8-14(26-7-2)10-15(16)13(3)11-20(24,4)5/h8-11H,6-7,12H2,1-5H3,(H,21,22). The molecule has 0 aliphatic carbocycles. The topological polar surface area (TPSA) is 67.4 Å². The van der Waals surface area contributed by atoms with Crippen molar-refractivity contribution < 1.29 is 9.53 Å². The zero-order chi connectivity index (χ0) is 20.3. The van der Waals surface area contributed by atoms with Crippen LogP contribution in [0.3, 0.4) is 0 Å². The molecule has 8 heteroatoms. The van der Waals surface area contributed by atoms with Gasteiger partial charge in [0, 0.05) is 12.1 Å². The molecular formula is C20H26N4O2S2. The Morgan fingerprint density at radius 1 is 1.32 bits per heavy atom. The highest BCUT2D eigenvalue weighted by atomic mass is 32.2. The average Bonchev–Trinajstić information content (AvgIpc) is 3.08. The number of hydrogen-bond acceptors (Lipinski definition) is 7. The number of allylic oxidation sites excluding steroid dienone is 1. The van der Waals surface area contributed by atoms with E-state index in [0.29, 0.717) is 12.4 Å². The van der Waals surface area contributed by atoms with Crippen LogP contribution in [0.4, 0.5) is 10.8 Å². The number of benzene rings is 1. The Hall–Kier alpha value is -2.06. The molecule has 0 saturated carbocycles. The van der Waals surface area contributed by atoms with Gasteiger partial charge in [-0.2, -0.15) is 0 Å². The van der Waals surface area contributed by atoms with Gasteiger partial charge in [0.1, 0.15) is 5.75 Å². The second-order valence-electron chi connectivity index (χ2n) is 7.01. The van der Waals surface area contributed by atoms with Crippen LogP contribution in [-0.2, 0) is 4.79 Å². The lowest BCUT2D eigenvalue weighted by Gasteiger charge is -2.41. The van der Waals surface area contributed by atoms with Gasteiger partial charge in [-0.1, -0.05) is 29.2 Å². The smallest absolute Gasteiger partial charge is 0.238 e. The van der Waals surface area contributed by atoms with E-state index >= 15 is 0 Å². The van der Waals surface area contributed by atoms with E-state index in [1.54, 1.807) is 0 Å². The van der Waals surface area contributed by atoms with Crippen LogP contribution >= 0.6 is 23.1 Å². The van der Waals surface area contributed by atoms with Gasteiger partial charge in [-0.25, -0.2) is 0 Å². The molecule has 0 bridgehead atoms. The molecule has 0 unspecified atom stereocenters. The van der Waals surface area contributed by atoms with Crippen LogP contribution in [0, 0.1) is 0 Å². The lowest BCUT2D eigenvalue weighted by atomic mass is 9.88. The van der Waals surface area contributed by atoms with Gasteiger partial charge >= 0.3 is 0 Å². The number of thioether (sulfide) groups is 1. The summed E-state index contributed by atoms with van der Waals surface area (Å²) >= 11 is 2.89. The first kappa shape index (κ1) is 20.7. The van der Waals surface area contributed by atoms with E-state index in [1.165, 1.54) is 23.1 Å². The Bertz CT molecular complexity index is 892. The van der Waals surface area contributed by atoms with Crippen molar-refractivity contribution in [2.45, 2.75) is 44.5 Å². The van der Waals surface area contributed by atoms with Crippen LogP contribution in [0.15, 0.2) is 28.6 Å². The van der Waals surface area contributed by atoms with Crippen molar-refractivity contribution in [3.63, 3.8) is 0 Å². The summed E-state index contributed by atoms with van der Waals surface area (Å²) in [5, 5.41) is 12.2. The monoisotopic (exact) mass is 418 g/mol. The zero-order valence-corrected chi connectivity index (χ0v) is 18.5. The van der Waals surface area contributed by atoms with Gasteiger partial charge in [-0.15, -0.1) is 10.2 Å². The van der Waals surface area contributed by atoms with E-state index in [9.17, 15) is 4.79 Å². The van der Waals surface area contributed by atoms with Crippen molar-refractivity contribution >= 4 is 45.4 Å². The van der Waals surface area contributed by atoms with Crippen molar-refractivity contribution in [2.75, 3.05) is 29.1 Å². The Morgan fingerprint density at radius 3 is 2.82 bits per heavy atom. The van der Waals surface area contributed by atoms with Gasteiger partial charge in [0.05, 0.1) is 23.6 Å². The number of anilines is 2. The summed E-state index contributed by atoms with van der Waals surface area (Å²) in [6.45, 7) is 11.6. The van der Waals surface area contributed by atoms with E-state index in [1.807, 2.05) is 36.9 Å². The Labute approximate surface area is 174 Å². The summed E-state index contributed by atoms with van der Waals surface area (Å²) in [5.41, 5.74) is 2.70. The third-order valence-electron chi connectivity index (χ3n) is 4.39. The minimum absolute atomic E-state index is 0.0457. The highest BCUT2D eigenvalue weighted by Crippen LogP contribution is 2.41. The van der Waals surface area contributed by atoms with Gasteiger partial charge in [0.15, 0.2) is 4.34 Å². The summed E-state index contributed by atoms with van der Waals surface area (Å²) < 4.78 is 6.43. The third-order valence-corrected chi connectivity index (χ3v) is 6.39. The highest BCUT2D eigenvalue weighted by molar-refractivity contribution is 8.01. The van der Waals surface area contributed by atoms with Crippen LogP contribution in [0.1, 0.15) is 40.2 Å². The molecule has 3 rings (SSSR count). The second-order valence-corrected chi connectivity index (χ2v) is 9.21. The summed E-state index contributed by atoms with van der Waals surface area (Å²) in [4.78, 5) is 15.1. The van der Waals surface area contributed by atoms with Crippen molar-refractivity contribution in [2.24, 2.45) is 0 Å². The Morgan fingerprint density at radius 2 is 2.11 bits per heavy atom. The van der Waals surface area contributed by atoms with E-state index < -0.39 is 5.54 Å². The van der Waals surface area contributed by atoms with E-state index in [4.69, 9.17) is 4.74 Å². The average molecular weight is 419 g/mol. The van der Waals surface area contributed by atoms with Crippen LogP contribution in [0.5, 0.6) is 5.75 Å². The molecule has 150 valence electrons. The molecule has 0 radical (unpaired) electrons. The number of hydrogen-bond donors (Lipinski definition) is 1. The molecule has 0 atom stereocenters. The first-order chi connectivity index (χ1) is 13.4. The van der Waals surface area contributed by atoms with Gasteiger partial charge in [0.2, 0.25) is 11.0 Å². The molecule has 1 aromatic carbocycles. The maximum Gasteiger partial charge on any atom is 0.238 e. The first-order valence-corrected chi connectivity index (χ1v) is 11.2. The summed E-state index contributed by atoms with van der Waals surface area (Å²) in [5.74, 6) is 1.17. The van der Waals surface area contributed by atoms with Crippen LogP contribution in [-0.4, -0.2) is 40.5 Å². The maximum absolute atomic E-state index is 13.2. The van der Waals surface area contributed by atoms with Gasteiger partial charge < -0.3 is 15.0 Å². The molecular weight excluding hydrogens is 392 g/mol. The highest BCUT2D eigenvalue weighted by Gasteiger charge is 2.35. The molecule has 6 nitrogen and oxygen atoms in total. The maximum atomic E-state index is 13.2. The zero-order valence-electron chi connectivity index (χ0n) is 16.9. The van der Waals surface area contributed by atoms with Gasteiger partial charge in [-0.05, 0) is 58.4 Å². The number of rotatable bonds is 7. The Balaban J connectivity index is 1.82. The number of carbonyl (C=O) groups excluding carboxylic acids is 1. The van der Waals surface area contributed by atoms with E-state index in [-0.39, 0.29) is 5.91 Å². The lowest BCUT2D eigenvalue weighted by molar-refractivity contribution is -0.116. The first-order valence-electron chi connectivity index (χ1n) is 9.35. The largest absolute Gasteiger partial charge is 0.494 e. The summed E-state index contributed by atoms with van der Waals surface area (Å²) in [6, 6.07) is 5.92. The van der Waals surface area contributed by atoms with E-state index in [2.05, 4.69) is 42.4 Å².